The fraction of sp³-hybridized carbons (Fsp3) is 0.435. The molecule has 2 aromatic carbocycles. The van der Waals surface area contributed by atoms with E-state index in [1.807, 2.05) is 24.3 Å². The van der Waals surface area contributed by atoms with Crippen LogP contribution in [0.1, 0.15) is 36.5 Å². The molecule has 5 heteroatoms. The summed E-state index contributed by atoms with van der Waals surface area (Å²) in [5, 5.41) is 3.38. The predicted molar refractivity (Wildman–Crippen MR) is 107 cm³/mol. The number of hydrogen-bond donors (Lipinski definition) is 1. The smallest absolute Gasteiger partial charge is 0.293 e. The van der Waals surface area contributed by atoms with Crippen molar-refractivity contribution in [3.05, 3.63) is 59.7 Å². The summed E-state index contributed by atoms with van der Waals surface area (Å²) < 4.78 is 17.3. The molecule has 1 saturated heterocycles. The van der Waals surface area contributed by atoms with Crippen LogP contribution in [0.15, 0.2) is 48.5 Å². The normalized spacial score (nSPS) is 20.4. The highest BCUT2D eigenvalue weighted by molar-refractivity contribution is 5.42. The molecule has 0 bridgehead atoms. The summed E-state index contributed by atoms with van der Waals surface area (Å²) in [7, 11) is 0. The van der Waals surface area contributed by atoms with Crippen LogP contribution in [-0.4, -0.2) is 32.3 Å². The predicted octanol–water partition coefficient (Wildman–Crippen LogP) is 3.67. The molecule has 4 rings (SSSR count). The fourth-order valence-electron chi connectivity index (χ4n) is 4.07. The van der Waals surface area contributed by atoms with Crippen molar-refractivity contribution in [3.63, 3.8) is 0 Å². The van der Waals surface area contributed by atoms with Crippen molar-refractivity contribution in [2.75, 3.05) is 19.7 Å². The van der Waals surface area contributed by atoms with Crippen LogP contribution >= 0.6 is 0 Å². The van der Waals surface area contributed by atoms with Crippen LogP contribution in [-0.2, 0) is 16.0 Å². The van der Waals surface area contributed by atoms with Crippen molar-refractivity contribution < 1.29 is 19.0 Å². The molecule has 148 valence electrons. The van der Waals surface area contributed by atoms with Crippen molar-refractivity contribution in [2.45, 2.75) is 37.9 Å². The van der Waals surface area contributed by atoms with Gasteiger partial charge in [-0.05, 0) is 61.5 Å². The van der Waals surface area contributed by atoms with Crippen molar-refractivity contribution >= 4 is 6.47 Å². The molecule has 2 heterocycles. The zero-order chi connectivity index (χ0) is 19.2. The lowest BCUT2D eigenvalue weighted by molar-refractivity contribution is -0.134. The van der Waals surface area contributed by atoms with Crippen LogP contribution in [0, 0.1) is 5.92 Å². The third kappa shape index (κ3) is 4.65. The van der Waals surface area contributed by atoms with E-state index >= 15 is 0 Å². The monoisotopic (exact) mass is 381 g/mol. The van der Waals surface area contributed by atoms with E-state index in [9.17, 15) is 4.79 Å². The van der Waals surface area contributed by atoms with Gasteiger partial charge in [-0.1, -0.05) is 36.4 Å². The first-order valence-corrected chi connectivity index (χ1v) is 10.1. The maximum Gasteiger partial charge on any atom is 0.293 e. The second kappa shape index (κ2) is 9.11. The summed E-state index contributed by atoms with van der Waals surface area (Å²) in [6.07, 6.45) is 3.80. The van der Waals surface area contributed by atoms with Gasteiger partial charge in [0, 0.05) is 6.42 Å². The summed E-state index contributed by atoms with van der Waals surface area (Å²) in [6, 6.07) is 16.1. The zero-order valence-corrected chi connectivity index (χ0v) is 16.0. The van der Waals surface area contributed by atoms with Crippen LogP contribution in [0.5, 0.6) is 11.5 Å². The number of ether oxygens (including phenoxy) is 3. The SMILES string of the molecule is O=COC(Cc1ccc(C2COc3ccccc3O2)cc1)CC1CCNCC1. The van der Waals surface area contributed by atoms with Crippen LogP contribution < -0.4 is 14.8 Å². The second-order valence-corrected chi connectivity index (χ2v) is 7.59. The number of carbonyl (C=O) groups excluding carboxylic acids is 1. The molecule has 1 N–H and O–H groups in total. The quantitative estimate of drug-likeness (QED) is 0.742. The third-order valence-corrected chi connectivity index (χ3v) is 5.63. The molecule has 0 aliphatic carbocycles. The van der Waals surface area contributed by atoms with E-state index in [1.165, 1.54) is 5.56 Å². The Hall–Kier alpha value is -2.53. The highest BCUT2D eigenvalue weighted by atomic mass is 16.6. The lowest BCUT2D eigenvalue weighted by Crippen LogP contribution is -2.31. The Morgan fingerprint density at radius 3 is 2.57 bits per heavy atom. The number of piperidine rings is 1. The van der Waals surface area contributed by atoms with Gasteiger partial charge in [-0.3, -0.25) is 4.79 Å². The van der Waals surface area contributed by atoms with E-state index in [2.05, 4.69) is 29.6 Å². The fourth-order valence-corrected chi connectivity index (χ4v) is 4.07. The molecular weight excluding hydrogens is 354 g/mol. The molecule has 28 heavy (non-hydrogen) atoms. The number of nitrogens with one attached hydrogen (secondary N) is 1. The molecule has 0 aromatic heterocycles. The number of benzene rings is 2. The second-order valence-electron chi connectivity index (χ2n) is 7.59. The summed E-state index contributed by atoms with van der Waals surface area (Å²) in [5.74, 6) is 2.20. The lowest BCUT2D eigenvalue weighted by Gasteiger charge is -2.27. The Morgan fingerprint density at radius 1 is 1.07 bits per heavy atom. The minimum atomic E-state index is -0.110. The number of hydrogen-bond acceptors (Lipinski definition) is 5. The third-order valence-electron chi connectivity index (χ3n) is 5.63. The topological polar surface area (TPSA) is 56.8 Å². The molecule has 0 amide bonds. The minimum absolute atomic E-state index is 0.0624. The Labute approximate surface area is 166 Å². The molecule has 5 nitrogen and oxygen atoms in total. The van der Waals surface area contributed by atoms with Gasteiger partial charge in [-0.2, -0.15) is 0 Å². The summed E-state index contributed by atoms with van der Waals surface area (Å²) in [5.41, 5.74) is 2.26. The molecule has 2 aliphatic rings. The van der Waals surface area contributed by atoms with Crippen molar-refractivity contribution in [1.29, 1.82) is 0 Å². The number of fused-ring (bicyclic) bond motifs is 1. The van der Waals surface area contributed by atoms with E-state index < -0.39 is 0 Å². The Morgan fingerprint density at radius 2 is 1.82 bits per heavy atom. The van der Waals surface area contributed by atoms with E-state index in [0.717, 1.165) is 55.8 Å². The first-order valence-electron chi connectivity index (χ1n) is 10.1. The van der Waals surface area contributed by atoms with E-state index in [4.69, 9.17) is 14.2 Å². The number of carbonyl (C=O) groups is 1. The highest BCUT2D eigenvalue weighted by Crippen LogP contribution is 2.36. The Balaban J connectivity index is 1.37. The van der Waals surface area contributed by atoms with E-state index in [1.54, 1.807) is 0 Å². The van der Waals surface area contributed by atoms with Gasteiger partial charge in [-0.15, -0.1) is 0 Å². The summed E-state index contributed by atoms with van der Waals surface area (Å²) in [6.45, 7) is 3.20. The first kappa shape index (κ1) is 18.8. The van der Waals surface area contributed by atoms with Crippen LogP contribution in [0.3, 0.4) is 0 Å². The van der Waals surface area contributed by atoms with Crippen LogP contribution in [0.4, 0.5) is 0 Å². The van der Waals surface area contributed by atoms with Crippen molar-refractivity contribution in [2.24, 2.45) is 5.92 Å². The van der Waals surface area contributed by atoms with Gasteiger partial charge in [0.25, 0.3) is 6.47 Å². The summed E-state index contributed by atoms with van der Waals surface area (Å²) >= 11 is 0. The largest absolute Gasteiger partial charge is 0.485 e. The average Bonchev–Trinajstić information content (AvgIpc) is 2.75. The van der Waals surface area contributed by atoms with Gasteiger partial charge in [0.1, 0.15) is 12.7 Å². The van der Waals surface area contributed by atoms with Gasteiger partial charge in [0.05, 0.1) is 0 Å². The zero-order valence-electron chi connectivity index (χ0n) is 16.0. The van der Waals surface area contributed by atoms with Gasteiger partial charge in [0.2, 0.25) is 0 Å². The standard InChI is InChI=1S/C23H27NO4/c25-16-27-20(14-18-9-11-24-12-10-18)13-17-5-7-19(8-6-17)23-15-26-21-3-1-2-4-22(21)28-23/h1-8,16,18,20,23-24H,9-15H2. The van der Waals surface area contributed by atoms with Gasteiger partial charge in [0.15, 0.2) is 17.6 Å². The van der Waals surface area contributed by atoms with Gasteiger partial charge >= 0.3 is 0 Å². The maximum absolute atomic E-state index is 10.9. The summed E-state index contributed by atoms with van der Waals surface area (Å²) in [4.78, 5) is 10.9. The Bertz CT molecular complexity index is 770. The maximum atomic E-state index is 10.9. The van der Waals surface area contributed by atoms with Crippen molar-refractivity contribution in [1.82, 2.24) is 5.32 Å². The molecule has 0 saturated carbocycles. The molecule has 1 fully saturated rings. The molecule has 2 atom stereocenters. The van der Waals surface area contributed by atoms with E-state index in [-0.39, 0.29) is 12.2 Å². The van der Waals surface area contributed by atoms with Crippen LogP contribution in [0.25, 0.3) is 0 Å². The molecule has 2 aromatic rings. The molecule has 2 aliphatic heterocycles. The lowest BCUT2D eigenvalue weighted by atomic mass is 9.90. The number of rotatable bonds is 7. The van der Waals surface area contributed by atoms with Gasteiger partial charge in [-0.25, -0.2) is 0 Å². The van der Waals surface area contributed by atoms with Gasteiger partial charge < -0.3 is 19.5 Å². The molecule has 0 spiro atoms. The van der Waals surface area contributed by atoms with Crippen LogP contribution in [0.2, 0.25) is 0 Å². The number of para-hydroxylation sites is 2. The molecule has 2 unspecified atom stereocenters. The van der Waals surface area contributed by atoms with E-state index in [0.29, 0.717) is 19.0 Å². The van der Waals surface area contributed by atoms with Crippen molar-refractivity contribution in [3.8, 4) is 11.5 Å². The minimum Gasteiger partial charge on any atom is -0.485 e. The highest BCUT2D eigenvalue weighted by Gasteiger charge is 2.23. The average molecular weight is 381 g/mol. The molecule has 0 radical (unpaired) electrons. The first-order chi connectivity index (χ1) is 13.8. The Kier molecular flexibility index (Phi) is 6.12. The molecular formula is C23H27NO4.